The number of anilines is 1. The van der Waals surface area contributed by atoms with Crippen LogP contribution in [-0.4, -0.2) is 32.4 Å². The standard InChI is InChI=1S/C27H27FN4O3S/c1-3-13-35-24-16-23(36-27-31-30-26(32(27)2)19-5-4-6-21(28)15-19)12-9-20(24)17-29-22-10-7-18(8-11-22)14-25(33)34/h4-12,15-16,29H,3,13-14,17H2,1-2H3,(H,33,34). The second kappa shape index (κ2) is 11.7. The Morgan fingerprint density at radius 2 is 1.92 bits per heavy atom. The van der Waals surface area contributed by atoms with Gasteiger partial charge in [-0.3, -0.25) is 4.79 Å². The molecule has 3 aromatic carbocycles. The van der Waals surface area contributed by atoms with Crippen LogP contribution in [0, 0.1) is 5.82 Å². The van der Waals surface area contributed by atoms with Gasteiger partial charge in [-0.15, -0.1) is 10.2 Å². The van der Waals surface area contributed by atoms with Gasteiger partial charge in [0.15, 0.2) is 11.0 Å². The Bertz CT molecular complexity index is 1340. The van der Waals surface area contributed by atoms with Gasteiger partial charge in [-0.25, -0.2) is 4.39 Å². The number of aliphatic carboxylic acids is 1. The molecule has 4 aromatic rings. The molecule has 0 unspecified atom stereocenters. The normalized spacial score (nSPS) is 10.9. The van der Waals surface area contributed by atoms with Crippen molar-refractivity contribution in [2.75, 3.05) is 11.9 Å². The van der Waals surface area contributed by atoms with Gasteiger partial charge in [0.2, 0.25) is 0 Å². The second-order valence-electron chi connectivity index (χ2n) is 8.22. The predicted octanol–water partition coefficient (Wildman–Crippen LogP) is 5.80. The molecule has 0 aliphatic carbocycles. The first kappa shape index (κ1) is 25.2. The molecule has 0 saturated heterocycles. The molecule has 186 valence electrons. The van der Waals surface area contributed by atoms with Crippen LogP contribution in [0.3, 0.4) is 0 Å². The molecule has 1 aromatic heterocycles. The van der Waals surface area contributed by atoms with Crippen molar-refractivity contribution in [3.8, 4) is 17.1 Å². The number of halogens is 1. The molecule has 0 fully saturated rings. The lowest BCUT2D eigenvalue weighted by Gasteiger charge is -2.14. The first-order valence-corrected chi connectivity index (χ1v) is 12.4. The van der Waals surface area contributed by atoms with Crippen molar-refractivity contribution in [1.29, 1.82) is 0 Å². The van der Waals surface area contributed by atoms with E-state index in [0.29, 0.717) is 29.7 Å². The number of hydrogen-bond donors (Lipinski definition) is 2. The Kier molecular flexibility index (Phi) is 8.22. The summed E-state index contributed by atoms with van der Waals surface area (Å²) in [4.78, 5) is 11.8. The maximum Gasteiger partial charge on any atom is 0.307 e. The molecule has 0 saturated carbocycles. The third-order valence-corrected chi connectivity index (χ3v) is 6.45. The maximum atomic E-state index is 13.7. The fourth-order valence-electron chi connectivity index (χ4n) is 3.59. The van der Waals surface area contributed by atoms with Gasteiger partial charge in [0, 0.05) is 35.3 Å². The quantitative estimate of drug-likeness (QED) is 0.266. The highest BCUT2D eigenvalue weighted by Gasteiger charge is 2.14. The number of carboxylic acids is 1. The van der Waals surface area contributed by atoms with Crippen molar-refractivity contribution in [2.24, 2.45) is 7.05 Å². The van der Waals surface area contributed by atoms with Crippen molar-refractivity contribution in [1.82, 2.24) is 14.8 Å². The Morgan fingerprint density at radius 3 is 2.64 bits per heavy atom. The summed E-state index contributed by atoms with van der Waals surface area (Å²) < 4.78 is 21.5. The summed E-state index contributed by atoms with van der Waals surface area (Å²) in [5.41, 5.74) is 3.32. The zero-order chi connectivity index (χ0) is 25.5. The van der Waals surface area contributed by atoms with Crippen LogP contribution in [0.5, 0.6) is 5.75 Å². The van der Waals surface area contributed by atoms with Crippen LogP contribution in [0.15, 0.2) is 76.8 Å². The smallest absolute Gasteiger partial charge is 0.307 e. The molecule has 36 heavy (non-hydrogen) atoms. The molecule has 2 N–H and O–H groups in total. The summed E-state index contributed by atoms with van der Waals surface area (Å²) in [6, 6.07) is 19.7. The van der Waals surface area contributed by atoms with Gasteiger partial charge < -0.3 is 19.7 Å². The van der Waals surface area contributed by atoms with Crippen LogP contribution in [0.4, 0.5) is 10.1 Å². The van der Waals surface area contributed by atoms with Crippen LogP contribution < -0.4 is 10.1 Å². The Morgan fingerprint density at radius 1 is 1.11 bits per heavy atom. The van der Waals surface area contributed by atoms with Gasteiger partial charge in [0.1, 0.15) is 11.6 Å². The van der Waals surface area contributed by atoms with E-state index >= 15 is 0 Å². The van der Waals surface area contributed by atoms with Gasteiger partial charge in [0.25, 0.3) is 0 Å². The van der Waals surface area contributed by atoms with E-state index in [1.165, 1.54) is 23.9 Å². The van der Waals surface area contributed by atoms with Crippen molar-refractivity contribution >= 4 is 23.4 Å². The van der Waals surface area contributed by atoms with E-state index in [4.69, 9.17) is 9.84 Å². The first-order chi connectivity index (χ1) is 17.4. The third kappa shape index (κ3) is 6.42. The summed E-state index contributed by atoms with van der Waals surface area (Å²) in [5, 5.41) is 21.5. The molecule has 0 amide bonds. The average Bonchev–Trinajstić information content (AvgIpc) is 3.22. The van der Waals surface area contributed by atoms with Gasteiger partial charge in [-0.05, 0) is 60.1 Å². The highest BCUT2D eigenvalue weighted by Crippen LogP contribution is 2.33. The van der Waals surface area contributed by atoms with Crippen molar-refractivity contribution < 1.29 is 19.0 Å². The lowest BCUT2D eigenvalue weighted by atomic mass is 10.1. The van der Waals surface area contributed by atoms with Gasteiger partial charge in [0.05, 0.1) is 13.0 Å². The van der Waals surface area contributed by atoms with E-state index < -0.39 is 5.97 Å². The summed E-state index contributed by atoms with van der Waals surface area (Å²) in [7, 11) is 1.86. The number of benzene rings is 3. The van der Waals surface area contributed by atoms with Gasteiger partial charge in [-0.1, -0.05) is 37.3 Å². The molecule has 0 aliphatic rings. The fraction of sp³-hybridized carbons (Fsp3) is 0.222. The van der Waals surface area contributed by atoms with Crippen molar-refractivity contribution in [2.45, 2.75) is 36.4 Å². The molecule has 9 heteroatoms. The van der Waals surface area contributed by atoms with Crippen molar-refractivity contribution in [3.05, 3.63) is 83.7 Å². The Balaban J connectivity index is 1.48. The van der Waals surface area contributed by atoms with Crippen LogP contribution in [-0.2, 0) is 24.8 Å². The summed E-state index contributed by atoms with van der Waals surface area (Å²) in [6.07, 6.45) is 0.888. The molecule has 0 bridgehead atoms. The minimum absolute atomic E-state index is 0.00364. The fourth-order valence-corrected chi connectivity index (χ4v) is 4.41. The lowest BCUT2D eigenvalue weighted by Crippen LogP contribution is -2.05. The van der Waals surface area contributed by atoms with Crippen LogP contribution in [0.1, 0.15) is 24.5 Å². The highest BCUT2D eigenvalue weighted by molar-refractivity contribution is 7.99. The monoisotopic (exact) mass is 506 g/mol. The predicted molar refractivity (Wildman–Crippen MR) is 138 cm³/mol. The topological polar surface area (TPSA) is 89.3 Å². The van der Waals surface area contributed by atoms with Crippen LogP contribution in [0.25, 0.3) is 11.4 Å². The average molecular weight is 507 g/mol. The van der Waals surface area contributed by atoms with E-state index in [1.54, 1.807) is 12.1 Å². The van der Waals surface area contributed by atoms with Gasteiger partial charge in [-0.2, -0.15) is 0 Å². The third-order valence-electron chi connectivity index (χ3n) is 5.42. The molecule has 0 aliphatic heterocycles. The molecule has 0 spiro atoms. The number of carboxylic acid groups (broad SMARTS) is 1. The number of nitrogens with zero attached hydrogens (tertiary/aromatic N) is 3. The largest absolute Gasteiger partial charge is 0.493 e. The van der Waals surface area contributed by atoms with Crippen LogP contribution >= 0.6 is 11.8 Å². The number of nitrogens with one attached hydrogen (secondary N) is 1. The Labute approximate surface area is 213 Å². The molecule has 1 heterocycles. The zero-order valence-corrected chi connectivity index (χ0v) is 20.9. The number of carbonyl (C=O) groups is 1. The van der Waals surface area contributed by atoms with E-state index in [-0.39, 0.29) is 12.2 Å². The number of rotatable bonds is 11. The minimum atomic E-state index is -0.849. The summed E-state index contributed by atoms with van der Waals surface area (Å²) in [6.45, 7) is 3.21. The molecule has 0 radical (unpaired) electrons. The molecule has 7 nitrogen and oxygen atoms in total. The molecular formula is C27H27FN4O3S. The van der Waals surface area contributed by atoms with E-state index in [1.807, 2.05) is 54.1 Å². The number of ether oxygens (including phenoxy) is 1. The summed E-state index contributed by atoms with van der Waals surface area (Å²) >= 11 is 1.46. The summed E-state index contributed by atoms with van der Waals surface area (Å²) in [5.74, 6) is 0.208. The maximum absolute atomic E-state index is 13.7. The molecular weight excluding hydrogens is 479 g/mol. The number of hydrogen-bond acceptors (Lipinski definition) is 6. The number of aromatic nitrogens is 3. The lowest BCUT2D eigenvalue weighted by molar-refractivity contribution is -0.136. The SMILES string of the molecule is CCCOc1cc(Sc2nnc(-c3cccc(F)c3)n2C)ccc1CNc1ccc(CC(=O)O)cc1. The minimum Gasteiger partial charge on any atom is -0.493 e. The molecule has 0 atom stereocenters. The zero-order valence-electron chi connectivity index (χ0n) is 20.1. The van der Waals surface area contributed by atoms with Crippen LogP contribution in [0.2, 0.25) is 0 Å². The Hall–Kier alpha value is -3.85. The van der Waals surface area contributed by atoms with E-state index in [9.17, 15) is 9.18 Å². The van der Waals surface area contributed by atoms with E-state index in [0.717, 1.165) is 33.9 Å². The molecule has 4 rings (SSSR count). The highest BCUT2D eigenvalue weighted by atomic mass is 32.2. The second-order valence-corrected chi connectivity index (χ2v) is 9.26. The van der Waals surface area contributed by atoms with Gasteiger partial charge >= 0.3 is 5.97 Å². The van der Waals surface area contributed by atoms with Crippen molar-refractivity contribution in [3.63, 3.8) is 0 Å². The van der Waals surface area contributed by atoms with E-state index in [2.05, 4.69) is 22.4 Å². The first-order valence-electron chi connectivity index (χ1n) is 11.6.